The Kier molecular flexibility index (Phi) is 2.93. The lowest BCUT2D eigenvalue weighted by atomic mass is 9.97. The van der Waals surface area contributed by atoms with Crippen LogP contribution < -0.4 is 5.32 Å². The summed E-state index contributed by atoms with van der Waals surface area (Å²) in [5.41, 5.74) is 3.41. The lowest BCUT2D eigenvalue weighted by Gasteiger charge is -2.26. The summed E-state index contributed by atoms with van der Waals surface area (Å²) in [5, 5.41) is 12.8. The second kappa shape index (κ2) is 4.21. The van der Waals surface area contributed by atoms with Gasteiger partial charge in [0.25, 0.3) is 0 Å². The molecule has 0 amide bonds. The second-order valence-corrected chi connectivity index (χ2v) is 4.06. The van der Waals surface area contributed by atoms with Crippen LogP contribution in [0.15, 0.2) is 12.1 Å². The molecule has 1 aromatic rings. The van der Waals surface area contributed by atoms with Crippen molar-refractivity contribution in [1.29, 1.82) is 0 Å². The van der Waals surface area contributed by atoms with Crippen molar-refractivity contribution in [2.24, 2.45) is 0 Å². The molecule has 0 radical (unpaired) electrons. The van der Waals surface area contributed by atoms with Crippen molar-refractivity contribution in [3.8, 4) is 5.75 Å². The number of nitrogens with one attached hydrogen (secondary N) is 1. The normalized spacial score (nSPS) is 21.6. The van der Waals surface area contributed by atoms with Gasteiger partial charge in [-0.15, -0.1) is 0 Å². The van der Waals surface area contributed by atoms with Crippen LogP contribution in [-0.4, -0.2) is 24.8 Å². The molecule has 1 aliphatic heterocycles. The Hall–Kier alpha value is -1.06. The van der Waals surface area contributed by atoms with Crippen LogP contribution in [0.4, 0.5) is 0 Å². The van der Waals surface area contributed by atoms with Crippen molar-refractivity contribution in [1.82, 2.24) is 5.32 Å². The third-order valence-corrected chi connectivity index (χ3v) is 2.83. The van der Waals surface area contributed by atoms with E-state index in [0.717, 1.165) is 30.8 Å². The molecule has 2 rings (SSSR count). The summed E-state index contributed by atoms with van der Waals surface area (Å²) in [6, 6.07) is 3.58. The topological polar surface area (TPSA) is 41.5 Å². The molecule has 0 aliphatic carbocycles. The monoisotopic (exact) mass is 207 g/mol. The Morgan fingerprint density at radius 3 is 2.53 bits per heavy atom. The van der Waals surface area contributed by atoms with Gasteiger partial charge in [0.05, 0.1) is 12.7 Å². The summed E-state index contributed by atoms with van der Waals surface area (Å²) in [6.07, 6.45) is 0.124. The molecular weight excluding hydrogens is 190 g/mol. The quantitative estimate of drug-likeness (QED) is 0.736. The molecule has 1 heterocycles. The van der Waals surface area contributed by atoms with E-state index in [1.807, 2.05) is 13.8 Å². The maximum absolute atomic E-state index is 9.46. The van der Waals surface area contributed by atoms with Gasteiger partial charge >= 0.3 is 0 Å². The predicted octanol–water partition coefficient (Wildman–Crippen LogP) is 1.67. The molecule has 82 valence electrons. The lowest BCUT2D eigenvalue weighted by Crippen LogP contribution is -2.34. The number of benzene rings is 1. The Balaban J connectivity index is 2.33. The van der Waals surface area contributed by atoms with E-state index in [-0.39, 0.29) is 6.10 Å². The molecule has 0 bridgehead atoms. The molecular formula is C12H17NO2. The molecule has 15 heavy (non-hydrogen) atoms. The number of aromatic hydroxyl groups is 1. The van der Waals surface area contributed by atoms with Crippen molar-refractivity contribution in [2.45, 2.75) is 20.0 Å². The number of phenolic OH excluding ortho intramolecular Hbond substituents is 1. The van der Waals surface area contributed by atoms with E-state index < -0.39 is 0 Å². The van der Waals surface area contributed by atoms with Crippen LogP contribution in [0.25, 0.3) is 0 Å². The number of rotatable bonds is 1. The first-order valence-corrected chi connectivity index (χ1v) is 5.31. The lowest BCUT2D eigenvalue weighted by molar-refractivity contribution is 0.0269. The fourth-order valence-electron chi connectivity index (χ4n) is 2.21. The zero-order chi connectivity index (χ0) is 10.8. The average molecular weight is 207 g/mol. The summed E-state index contributed by atoms with van der Waals surface area (Å²) in [5.74, 6) is 0.331. The van der Waals surface area contributed by atoms with E-state index in [0.29, 0.717) is 5.75 Å². The summed E-state index contributed by atoms with van der Waals surface area (Å²) in [6.45, 7) is 6.56. The second-order valence-electron chi connectivity index (χ2n) is 4.06. The van der Waals surface area contributed by atoms with Gasteiger partial charge in [-0.2, -0.15) is 0 Å². The number of ether oxygens (including phenoxy) is 1. The van der Waals surface area contributed by atoms with Crippen LogP contribution in [0, 0.1) is 13.8 Å². The first kappa shape index (κ1) is 10.5. The predicted molar refractivity (Wildman–Crippen MR) is 59.1 cm³/mol. The minimum atomic E-state index is 0.124. The highest BCUT2D eigenvalue weighted by molar-refractivity contribution is 5.42. The van der Waals surface area contributed by atoms with Gasteiger partial charge in [0.2, 0.25) is 0 Å². The van der Waals surface area contributed by atoms with Gasteiger partial charge < -0.3 is 15.2 Å². The van der Waals surface area contributed by atoms with E-state index >= 15 is 0 Å². The molecule has 1 atom stereocenters. The molecule has 1 saturated heterocycles. The zero-order valence-corrected chi connectivity index (χ0v) is 9.21. The Morgan fingerprint density at radius 2 is 2.00 bits per heavy atom. The summed E-state index contributed by atoms with van der Waals surface area (Å²) < 4.78 is 5.72. The molecule has 1 fully saturated rings. The average Bonchev–Trinajstić information content (AvgIpc) is 2.17. The van der Waals surface area contributed by atoms with Crippen LogP contribution in [-0.2, 0) is 4.74 Å². The van der Waals surface area contributed by atoms with Gasteiger partial charge in [-0.05, 0) is 42.7 Å². The smallest absolute Gasteiger partial charge is 0.116 e. The Labute approximate surface area is 90.1 Å². The largest absolute Gasteiger partial charge is 0.508 e. The van der Waals surface area contributed by atoms with Gasteiger partial charge in [-0.1, -0.05) is 0 Å². The first-order valence-electron chi connectivity index (χ1n) is 5.31. The molecule has 3 heteroatoms. The van der Waals surface area contributed by atoms with E-state index in [1.165, 1.54) is 5.56 Å². The number of phenols is 1. The third kappa shape index (κ3) is 2.13. The van der Waals surface area contributed by atoms with Gasteiger partial charge in [-0.25, -0.2) is 0 Å². The van der Waals surface area contributed by atoms with E-state index in [9.17, 15) is 5.11 Å². The molecule has 0 spiro atoms. The van der Waals surface area contributed by atoms with E-state index in [2.05, 4.69) is 5.32 Å². The third-order valence-electron chi connectivity index (χ3n) is 2.83. The molecule has 1 aromatic carbocycles. The highest BCUT2D eigenvalue weighted by Crippen LogP contribution is 2.28. The number of hydrogen-bond donors (Lipinski definition) is 2. The van der Waals surface area contributed by atoms with E-state index in [4.69, 9.17) is 4.74 Å². The van der Waals surface area contributed by atoms with Crippen LogP contribution in [0.1, 0.15) is 22.8 Å². The first-order chi connectivity index (χ1) is 7.18. The van der Waals surface area contributed by atoms with Gasteiger partial charge in [-0.3, -0.25) is 0 Å². The van der Waals surface area contributed by atoms with Gasteiger partial charge in [0.15, 0.2) is 0 Å². The highest BCUT2D eigenvalue weighted by atomic mass is 16.5. The van der Waals surface area contributed by atoms with Gasteiger partial charge in [0, 0.05) is 13.1 Å². The number of aryl methyl sites for hydroxylation is 2. The maximum Gasteiger partial charge on any atom is 0.116 e. The zero-order valence-electron chi connectivity index (χ0n) is 9.21. The summed E-state index contributed by atoms with van der Waals surface area (Å²) >= 11 is 0. The number of hydrogen-bond acceptors (Lipinski definition) is 3. The van der Waals surface area contributed by atoms with Crippen LogP contribution in [0.3, 0.4) is 0 Å². The van der Waals surface area contributed by atoms with Crippen molar-refractivity contribution < 1.29 is 9.84 Å². The van der Waals surface area contributed by atoms with Crippen molar-refractivity contribution >= 4 is 0 Å². The summed E-state index contributed by atoms with van der Waals surface area (Å²) in [7, 11) is 0. The minimum absolute atomic E-state index is 0.124. The van der Waals surface area contributed by atoms with Crippen molar-refractivity contribution in [3.63, 3.8) is 0 Å². The highest BCUT2D eigenvalue weighted by Gasteiger charge is 2.19. The Morgan fingerprint density at radius 1 is 1.33 bits per heavy atom. The van der Waals surface area contributed by atoms with E-state index in [1.54, 1.807) is 12.1 Å². The molecule has 0 aromatic heterocycles. The number of morpholine rings is 1. The SMILES string of the molecule is Cc1cc(O)cc(C)c1C1CNCCO1. The van der Waals surface area contributed by atoms with Crippen molar-refractivity contribution in [2.75, 3.05) is 19.7 Å². The molecule has 1 aliphatic rings. The minimum Gasteiger partial charge on any atom is -0.508 e. The van der Waals surface area contributed by atoms with Gasteiger partial charge in [0.1, 0.15) is 5.75 Å². The Bertz CT molecular complexity index is 334. The van der Waals surface area contributed by atoms with Crippen molar-refractivity contribution in [3.05, 3.63) is 28.8 Å². The summed E-state index contributed by atoms with van der Waals surface area (Å²) in [4.78, 5) is 0. The maximum atomic E-state index is 9.46. The fourth-order valence-corrected chi connectivity index (χ4v) is 2.21. The van der Waals surface area contributed by atoms with Crippen LogP contribution >= 0.6 is 0 Å². The van der Waals surface area contributed by atoms with Crippen LogP contribution in [0.5, 0.6) is 5.75 Å². The molecule has 0 saturated carbocycles. The molecule has 3 nitrogen and oxygen atoms in total. The molecule has 1 unspecified atom stereocenters. The standard InChI is InChI=1S/C12H17NO2/c1-8-5-10(14)6-9(2)12(8)11-7-13-3-4-15-11/h5-6,11,13-14H,3-4,7H2,1-2H3. The van der Waals surface area contributed by atoms with Crippen LogP contribution in [0.2, 0.25) is 0 Å². The molecule has 2 N–H and O–H groups in total. The fraction of sp³-hybridized carbons (Fsp3) is 0.500.